The fourth-order valence-corrected chi connectivity index (χ4v) is 11.5. The summed E-state index contributed by atoms with van der Waals surface area (Å²) in [6.45, 7) is -5.02. The smallest absolute Gasteiger partial charge is 0.317 e. The molecule has 1 fully saturated rings. The van der Waals surface area contributed by atoms with Crippen molar-refractivity contribution in [2.24, 2.45) is 0 Å². The van der Waals surface area contributed by atoms with Crippen molar-refractivity contribution in [3.05, 3.63) is 59.4 Å². The topological polar surface area (TPSA) is 591 Å². The SMILES string of the molecule is CN(Cc1nc2ccccc2[nH]1)C(=O)c1ccc2c(c1)CN(CCCCCCNC(=O)C(CCC(=O)NCC(O)C(O)C(O)C(O)CO)NC(=O)C(CCC(=O)NCC(O)C(O)C(O)C(O)CO)NC(=O)CN1CCN(CC(=O)O)CCN(CC(=O)O)CCN(CC(=O)O)CC1)C(=O)C(CC(=O)O)N2. The molecule has 39 nitrogen and oxygen atoms in total. The van der Waals surface area contributed by atoms with Crippen molar-refractivity contribution < 1.29 is 124 Å². The Hall–Kier alpha value is -8.68. The third-order valence-electron chi connectivity index (χ3n) is 17.5. The van der Waals surface area contributed by atoms with Gasteiger partial charge in [0.05, 0.1) is 75.6 Å². The first-order valence-electron chi connectivity index (χ1n) is 34.1. The summed E-state index contributed by atoms with van der Waals surface area (Å²) in [6, 6.07) is 7.73. The minimum atomic E-state index is -2.08. The molecule has 0 saturated carbocycles. The van der Waals surface area contributed by atoms with E-state index < -0.39 is 211 Å². The monoisotopic (exact) mass is 1480 g/mol. The summed E-state index contributed by atoms with van der Waals surface area (Å²) in [4.78, 5) is 162. The Labute approximate surface area is 597 Å². The van der Waals surface area contributed by atoms with E-state index in [0.717, 1.165) is 11.0 Å². The highest BCUT2D eigenvalue weighted by molar-refractivity contribution is 5.96. The largest absolute Gasteiger partial charge is 0.481 e. The number of amides is 7. The van der Waals surface area contributed by atoms with E-state index in [0.29, 0.717) is 48.3 Å². The number of imidazole rings is 1. The number of nitrogens with one attached hydrogen (secondary N) is 7. The highest BCUT2D eigenvalue weighted by Crippen LogP contribution is 2.27. The third-order valence-corrected chi connectivity index (χ3v) is 17.5. The molecule has 104 heavy (non-hydrogen) atoms. The molecule has 580 valence electrons. The highest BCUT2D eigenvalue weighted by atomic mass is 16.4. The Kier molecular flexibility index (Phi) is 36.0. The molecule has 21 N–H and O–H groups in total. The Morgan fingerprint density at radius 1 is 0.567 bits per heavy atom. The van der Waals surface area contributed by atoms with E-state index in [1.165, 1.54) is 29.4 Å². The van der Waals surface area contributed by atoms with Crippen molar-refractivity contribution >= 4 is 81.9 Å². The van der Waals surface area contributed by atoms with Crippen LogP contribution >= 0.6 is 0 Å². The van der Waals surface area contributed by atoms with E-state index in [2.05, 4.69) is 41.9 Å². The second-order valence-electron chi connectivity index (χ2n) is 25.7. The lowest BCUT2D eigenvalue weighted by Crippen LogP contribution is -2.56. The van der Waals surface area contributed by atoms with Gasteiger partial charge in [0.1, 0.15) is 60.6 Å². The number of aliphatic hydroxyl groups is 10. The van der Waals surface area contributed by atoms with Gasteiger partial charge in [-0.3, -0.25) is 72.3 Å². The molecule has 3 aromatic rings. The number of aliphatic carboxylic acids is 4. The fourth-order valence-electron chi connectivity index (χ4n) is 11.5. The molecular weight excluding hydrogens is 1380 g/mol. The zero-order valence-electron chi connectivity index (χ0n) is 57.8. The summed E-state index contributed by atoms with van der Waals surface area (Å²) >= 11 is 0. The number of carbonyl (C=O) groups is 11. The van der Waals surface area contributed by atoms with E-state index in [4.69, 9.17) is 0 Å². The maximum Gasteiger partial charge on any atom is 0.317 e. The number of para-hydroxylation sites is 2. The van der Waals surface area contributed by atoms with E-state index in [1.54, 1.807) is 25.2 Å². The molecule has 0 radical (unpaired) electrons. The van der Waals surface area contributed by atoms with Gasteiger partial charge in [0.2, 0.25) is 35.4 Å². The number of H-pyrrole nitrogens is 1. The van der Waals surface area contributed by atoms with Crippen molar-refractivity contribution in [1.29, 1.82) is 0 Å². The number of aromatic nitrogens is 2. The molecule has 0 bridgehead atoms. The van der Waals surface area contributed by atoms with Crippen molar-refractivity contribution in [3.8, 4) is 0 Å². The fraction of sp³-hybridized carbons (Fsp3) is 0.631. The number of benzene rings is 2. The summed E-state index contributed by atoms with van der Waals surface area (Å²) in [7, 11) is 1.62. The van der Waals surface area contributed by atoms with Crippen LogP contribution < -0.4 is 31.9 Å². The quantitative estimate of drug-likeness (QED) is 0.0234. The van der Waals surface area contributed by atoms with Gasteiger partial charge in [-0.25, -0.2) is 4.98 Å². The van der Waals surface area contributed by atoms with Crippen LogP contribution in [0.3, 0.4) is 0 Å². The molecule has 0 spiro atoms. The first-order valence-corrected chi connectivity index (χ1v) is 34.1. The standard InChI is InChI=1S/C65H100N14O25/c1-74(31-50-70-41-8-4-5-9-42(41)71-50)64(103)38-10-11-40-39(26-38)30-79(65(104)45(69-40)27-54(89)90)17-7-3-2-6-16-66-62(101)43(12-14-51(86)67-28-46(82)58(97)60(99)48(84)36-80)73-63(102)44(13-15-52(87)68-29-47(83)59(98)61(100)49(85)37-81)72-53(88)32-75-18-20-76(33-55(91)92)22-24-78(35-57(95)96)25-23-77(21-19-75)34-56(93)94/h4-5,8-11,26,43-49,58-61,69,80-85,97-100H,2-3,6-7,12-25,27-37H2,1H3,(H,66,101)(H,67,86)(H,68,87)(H,70,71)(H,72,88)(H,73,102)(H,89,90)(H,91,92)(H,93,94)(H,95,96). The lowest BCUT2D eigenvalue weighted by molar-refractivity contribution is -0.141. The molecule has 1 saturated heterocycles. The number of unbranched alkanes of at least 4 members (excludes halogenated alkanes) is 3. The van der Waals surface area contributed by atoms with Crippen LogP contribution in [-0.2, 0) is 61.0 Å². The molecule has 2 aromatic carbocycles. The minimum Gasteiger partial charge on any atom is -0.481 e. The van der Waals surface area contributed by atoms with E-state index in [-0.39, 0.29) is 84.4 Å². The van der Waals surface area contributed by atoms with Gasteiger partial charge in [-0.1, -0.05) is 25.0 Å². The number of anilines is 1. The number of aliphatic hydroxyl groups excluding tert-OH is 10. The second-order valence-corrected chi connectivity index (χ2v) is 25.7. The molecule has 3 heterocycles. The number of carboxylic acid groups (broad SMARTS) is 4. The average molecular weight is 1480 g/mol. The zero-order chi connectivity index (χ0) is 76.7. The third kappa shape index (κ3) is 29.1. The summed E-state index contributed by atoms with van der Waals surface area (Å²) < 4.78 is 0. The molecule has 5 rings (SSSR count). The predicted molar refractivity (Wildman–Crippen MR) is 364 cm³/mol. The number of fused-ring (bicyclic) bond motifs is 2. The number of hydrogen-bond acceptors (Lipinski definition) is 27. The summed E-state index contributed by atoms with van der Waals surface area (Å²) in [5, 5.41) is 154. The average Bonchev–Trinajstić information content (AvgIpc) is 1.62. The van der Waals surface area contributed by atoms with Crippen LogP contribution in [0.1, 0.15) is 79.5 Å². The molecule has 11 unspecified atom stereocenters. The molecule has 2 aliphatic heterocycles. The summed E-state index contributed by atoms with van der Waals surface area (Å²) in [6.07, 6.45) is -17.1. The molecule has 1 aromatic heterocycles. The second kappa shape index (κ2) is 43.6. The van der Waals surface area contributed by atoms with Crippen LogP contribution in [0.2, 0.25) is 0 Å². The lowest BCUT2D eigenvalue weighted by atomic mass is 10.0. The maximum absolute atomic E-state index is 14.6. The molecule has 11 atom stereocenters. The maximum atomic E-state index is 14.6. The normalized spacial score (nSPS) is 18.2. The Bertz CT molecular complexity index is 3270. The Morgan fingerprint density at radius 2 is 1.05 bits per heavy atom. The minimum absolute atomic E-state index is 0.0137. The summed E-state index contributed by atoms with van der Waals surface area (Å²) in [5.74, 6) is -9.80. The van der Waals surface area contributed by atoms with Crippen molar-refractivity contribution in [2.75, 3.05) is 130 Å². The van der Waals surface area contributed by atoms with Gasteiger partial charge in [0, 0.05) is 116 Å². The molecule has 39 heteroatoms. The molecule has 7 amide bonds. The van der Waals surface area contributed by atoms with Crippen molar-refractivity contribution in [1.82, 2.24) is 66.0 Å². The van der Waals surface area contributed by atoms with Gasteiger partial charge >= 0.3 is 23.9 Å². The lowest BCUT2D eigenvalue weighted by Gasteiger charge is -2.33. The van der Waals surface area contributed by atoms with Gasteiger partial charge in [0.15, 0.2) is 0 Å². The van der Waals surface area contributed by atoms with Gasteiger partial charge in [0.25, 0.3) is 5.91 Å². The Balaban J connectivity index is 1.32. The molecular formula is C65H100N14O25. The number of rotatable bonds is 42. The predicted octanol–water partition coefficient (Wildman–Crippen LogP) is -7.78. The number of aromatic amines is 1. The summed E-state index contributed by atoms with van der Waals surface area (Å²) in [5.41, 5.74) is 2.86. The number of carboxylic acids is 4. The molecule has 2 aliphatic rings. The van der Waals surface area contributed by atoms with Crippen LogP contribution in [-0.4, -0.2) is 368 Å². The molecule has 0 aliphatic carbocycles. The van der Waals surface area contributed by atoms with Crippen molar-refractivity contribution in [2.45, 2.75) is 138 Å². The van der Waals surface area contributed by atoms with Crippen LogP contribution in [0.15, 0.2) is 42.5 Å². The van der Waals surface area contributed by atoms with E-state index in [1.807, 2.05) is 24.3 Å². The van der Waals surface area contributed by atoms with Crippen LogP contribution in [0, 0.1) is 0 Å². The van der Waals surface area contributed by atoms with Gasteiger partial charge < -0.3 is 118 Å². The number of nitrogens with zero attached hydrogens (tertiary/aromatic N) is 7. The first-order chi connectivity index (χ1) is 49.3. The van der Waals surface area contributed by atoms with Crippen LogP contribution in [0.5, 0.6) is 0 Å². The van der Waals surface area contributed by atoms with Crippen LogP contribution in [0.25, 0.3) is 11.0 Å². The Morgan fingerprint density at radius 3 is 1.54 bits per heavy atom. The van der Waals surface area contributed by atoms with Gasteiger partial charge in [-0.05, 0) is 61.6 Å². The van der Waals surface area contributed by atoms with Gasteiger partial charge in [-0.2, -0.15) is 0 Å². The highest BCUT2D eigenvalue weighted by Gasteiger charge is 2.35. The zero-order valence-corrected chi connectivity index (χ0v) is 57.8. The van der Waals surface area contributed by atoms with E-state index >= 15 is 0 Å². The van der Waals surface area contributed by atoms with E-state index in [9.17, 15) is 124 Å². The number of carbonyl (C=O) groups excluding carboxylic acids is 7. The van der Waals surface area contributed by atoms with Crippen LogP contribution in [0.4, 0.5) is 5.69 Å². The van der Waals surface area contributed by atoms with Crippen molar-refractivity contribution in [3.63, 3.8) is 0 Å². The van der Waals surface area contributed by atoms with Gasteiger partial charge in [-0.15, -0.1) is 0 Å². The first kappa shape index (κ1) is 86.0. The number of hydrogen-bond donors (Lipinski definition) is 21.